The predicted molar refractivity (Wildman–Crippen MR) is 75.8 cm³/mol. The molecule has 0 saturated heterocycles. The highest BCUT2D eigenvalue weighted by Gasteiger charge is 2.13. The third-order valence-electron chi connectivity index (χ3n) is 2.75. The van der Waals surface area contributed by atoms with Crippen molar-refractivity contribution in [2.24, 2.45) is 0 Å². The van der Waals surface area contributed by atoms with Crippen LogP contribution in [0.2, 0.25) is 0 Å². The van der Waals surface area contributed by atoms with Crippen molar-refractivity contribution in [2.75, 3.05) is 13.2 Å². The van der Waals surface area contributed by atoms with E-state index in [1.54, 1.807) is 24.3 Å². The summed E-state index contributed by atoms with van der Waals surface area (Å²) in [6.45, 7) is 4.69. The molecular formula is C14H17N3O3. The zero-order valence-electron chi connectivity index (χ0n) is 11.5. The lowest BCUT2D eigenvalue weighted by Crippen LogP contribution is -2.30. The van der Waals surface area contributed by atoms with Crippen molar-refractivity contribution in [3.8, 4) is 0 Å². The standard InChI is InChI=1S/C14H17N3O3/c1-9(2)20-8-7-15-14(19)12-10-5-3-4-6-11(10)13(18)17-16-12/h3-6,9H,7-8H2,1-2H3,(H,15,19)(H,17,18). The number of fused-ring (bicyclic) bond motifs is 1. The van der Waals surface area contributed by atoms with Crippen molar-refractivity contribution in [1.82, 2.24) is 15.5 Å². The molecule has 0 bridgehead atoms. The normalized spacial score (nSPS) is 10.9. The molecule has 0 aliphatic rings. The SMILES string of the molecule is CC(C)OCCNC(=O)c1n[nH]c(=O)c2ccccc12. The van der Waals surface area contributed by atoms with E-state index in [2.05, 4.69) is 15.5 Å². The smallest absolute Gasteiger partial charge is 0.272 e. The van der Waals surface area contributed by atoms with Crippen LogP contribution in [0.1, 0.15) is 24.3 Å². The summed E-state index contributed by atoms with van der Waals surface area (Å²) in [5.74, 6) is -0.329. The summed E-state index contributed by atoms with van der Waals surface area (Å²) >= 11 is 0. The van der Waals surface area contributed by atoms with Gasteiger partial charge in [0.25, 0.3) is 11.5 Å². The fourth-order valence-electron chi connectivity index (χ4n) is 1.83. The van der Waals surface area contributed by atoms with E-state index in [9.17, 15) is 9.59 Å². The number of aromatic nitrogens is 2. The monoisotopic (exact) mass is 275 g/mol. The number of H-pyrrole nitrogens is 1. The van der Waals surface area contributed by atoms with Crippen LogP contribution in [0.25, 0.3) is 10.8 Å². The van der Waals surface area contributed by atoms with Gasteiger partial charge in [0.15, 0.2) is 5.69 Å². The molecule has 106 valence electrons. The van der Waals surface area contributed by atoms with E-state index >= 15 is 0 Å². The Hall–Kier alpha value is -2.21. The van der Waals surface area contributed by atoms with Crippen LogP contribution in [-0.2, 0) is 4.74 Å². The van der Waals surface area contributed by atoms with Crippen LogP contribution in [0, 0.1) is 0 Å². The number of nitrogens with zero attached hydrogens (tertiary/aromatic N) is 1. The molecule has 1 aromatic heterocycles. The predicted octanol–water partition coefficient (Wildman–Crippen LogP) is 1.08. The summed E-state index contributed by atoms with van der Waals surface area (Å²) in [7, 11) is 0. The minimum atomic E-state index is -0.329. The topological polar surface area (TPSA) is 84.1 Å². The number of carbonyl (C=O) groups excluding carboxylic acids is 1. The molecule has 1 aromatic carbocycles. The molecule has 2 rings (SSSR count). The summed E-state index contributed by atoms with van der Waals surface area (Å²) in [4.78, 5) is 23.7. The molecule has 20 heavy (non-hydrogen) atoms. The van der Waals surface area contributed by atoms with Crippen molar-refractivity contribution >= 4 is 16.7 Å². The second-order valence-electron chi connectivity index (χ2n) is 4.62. The number of rotatable bonds is 5. The summed E-state index contributed by atoms with van der Waals surface area (Å²) in [6, 6.07) is 6.88. The van der Waals surface area contributed by atoms with Crippen LogP contribution in [-0.4, -0.2) is 35.4 Å². The number of carbonyl (C=O) groups is 1. The van der Waals surface area contributed by atoms with Gasteiger partial charge in [0.2, 0.25) is 0 Å². The Labute approximate surface area is 116 Å². The van der Waals surface area contributed by atoms with Gasteiger partial charge in [0, 0.05) is 11.9 Å². The number of hydrogen-bond acceptors (Lipinski definition) is 4. The number of benzene rings is 1. The number of aromatic amines is 1. The summed E-state index contributed by atoms with van der Waals surface area (Å²) < 4.78 is 5.34. The van der Waals surface area contributed by atoms with E-state index in [-0.39, 0.29) is 23.3 Å². The number of ether oxygens (including phenoxy) is 1. The molecule has 2 aromatic rings. The Morgan fingerprint density at radius 2 is 2.05 bits per heavy atom. The first-order valence-electron chi connectivity index (χ1n) is 6.47. The summed E-state index contributed by atoms with van der Waals surface area (Å²) in [5.41, 5.74) is -0.0926. The molecular weight excluding hydrogens is 258 g/mol. The van der Waals surface area contributed by atoms with Gasteiger partial charge in [-0.15, -0.1) is 0 Å². The Balaban J connectivity index is 2.15. The summed E-state index contributed by atoms with van der Waals surface area (Å²) in [6.07, 6.45) is 0.124. The van der Waals surface area contributed by atoms with E-state index < -0.39 is 0 Å². The molecule has 2 N–H and O–H groups in total. The van der Waals surface area contributed by atoms with Crippen LogP contribution in [0.3, 0.4) is 0 Å². The Bertz CT molecular complexity index is 664. The molecule has 0 aliphatic heterocycles. The fourth-order valence-corrected chi connectivity index (χ4v) is 1.83. The minimum Gasteiger partial charge on any atom is -0.377 e. The maximum absolute atomic E-state index is 12.1. The molecule has 0 unspecified atom stereocenters. The zero-order chi connectivity index (χ0) is 14.5. The third kappa shape index (κ3) is 3.21. The highest BCUT2D eigenvalue weighted by atomic mass is 16.5. The molecule has 6 heteroatoms. The van der Waals surface area contributed by atoms with Crippen LogP contribution in [0.5, 0.6) is 0 Å². The van der Waals surface area contributed by atoms with Crippen molar-refractivity contribution < 1.29 is 9.53 Å². The van der Waals surface area contributed by atoms with E-state index in [1.807, 2.05) is 13.8 Å². The van der Waals surface area contributed by atoms with Gasteiger partial charge in [-0.25, -0.2) is 5.10 Å². The van der Waals surface area contributed by atoms with E-state index in [0.717, 1.165) is 0 Å². The quantitative estimate of drug-likeness (QED) is 0.800. The first-order valence-corrected chi connectivity index (χ1v) is 6.47. The van der Waals surface area contributed by atoms with Crippen molar-refractivity contribution in [2.45, 2.75) is 20.0 Å². The maximum atomic E-state index is 12.1. The number of nitrogens with one attached hydrogen (secondary N) is 2. The summed E-state index contributed by atoms with van der Waals surface area (Å²) in [5, 5.41) is 9.87. The zero-order valence-corrected chi connectivity index (χ0v) is 11.5. The lowest BCUT2D eigenvalue weighted by Gasteiger charge is -2.09. The highest BCUT2D eigenvalue weighted by molar-refractivity contribution is 6.04. The van der Waals surface area contributed by atoms with Gasteiger partial charge in [-0.2, -0.15) is 5.10 Å². The van der Waals surface area contributed by atoms with Gasteiger partial charge in [-0.05, 0) is 19.9 Å². The fraction of sp³-hybridized carbons (Fsp3) is 0.357. The van der Waals surface area contributed by atoms with Crippen LogP contribution in [0.4, 0.5) is 0 Å². The first kappa shape index (κ1) is 14.2. The Morgan fingerprint density at radius 1 is 1.35 bits per heavy atom. The molecule has 1 heterocycles. The molecule has 0 radical (unpaired) electrons. The van der Waals surface area contributed by atoms with Crippen molar-refractivity contribution in [3.63, 3.8) is 0 Å². The van der Waals surface area contributed by atoms with Gasteiger partial charge in [-0.1, -0.05) is 18.2 Å². The molecule has 0 atom stereocenters. The van der Waals surface area contributed by atoms with E-state index in [1.165, 1.54) is 0 Å². The van der Waals surface area contributed by atoms with E-state index in [0.29, 0.717) is 23.9 Å². The minimum absolute atomic E-state index is 0.124. The Morgan fingerprint density at radius 3 is 2.75 bits per heavy atom. The second kappa shape index (κ2) is 6.29. The largest absolute Gasteiger partial charge is 0.377 e. The van der Waals surface area contributed by atoms with Gasteiger partial charge >= 0.3 is 0 Å². The average molecular weight is 275 g/mol. The highest BCUT2D eigenvalue weighted by Crippen LogP contribution is 2.11. The van der Waals surface area contributed by atoms with Gasteiger partial charge in [0.1, 0.15) is 0 Å². The van der Waals surface area contributed by atoms with Crippen LogP contribution >= 0.6 is 0 Å². The van der Waals surface area contributed by atoms with Crippen molar-refractivity contribution in [1.29, 1.82) is 0 Å². The molecule has 1 amide bonds. The molecule has 0 saturated carbocycles. The average Bonchev–Trinajstić information content (AvgIpc) is 2.44. The van der Waals surface area contributed by atoms with Crippen LogP contribution in [0.15, 0.2) is 29.1 Å². The number of amides is 1. The third-order valence-corrected chi connectivity index (χ3v) is 2.75. The van der Waals surface area contributed by atoms with Gasteiger partial charge in [-0.3, -0.25) is 9.59 Å². The lowest BCUT2D eigenvalue weighted by molar-refractivity contribution is 0.0745. The molecule has 0 spiro atoms. The molecule has 0 aliphatic carbocycles. The van der Waals surface area contributed by atoms with E-state index in [4.69, 9.17) is 4.74 Å². The lowest BCUT2D eigenvalue weighted by atomic mass is 10.1. The molecule has 6 nitrogen and oxygen atoms in total. The van der Waals surface area contributed by atoms with Crippen molar-refractivity contribution in [3.05, 3.63) is 40.3 Å². The molecule has 0 fully saturated rings. The number of hydrogen-bond donors (Lipinski definition) is 2. The van der Waals surface area contributed by atoms with Gasteiger partial charge < -0.3 is 10.1 Å². The maximum Gasteiger partial charge on any atom is 0.272 e. The second-order valence-corrected chi connectivity index (χ2v) is 4.62. The first-order chi connectivity index (χ1) is 9.59. The Kier molecular flexibility index (Phi) is 4.47. The van der Waals surface area contributed by atoms with Crippen LogP contribution < -0.4 is 10.9 Å². The van der Waals surface area contributed by atoms with Gasteiger partial charge in [0.05, 0.1) is 18.1 Å².